The Morgan fingerprint density at radius 3 is 2.43 bits per heavy atom. The lowest BCUT2D eigenvalue weighted by atomic mass is 10.1. The maximum atomic E-state index is 11.5. The van der Waals surface area contributed by atoms with Gasteiger partial charge in [0, 0.05) is 18.3 Å². The largest absolute Gasteiger partial charge is 0.381 e. The topological polar surface area (TPSA) is 79.5 Å². The molecule has 5 nitrogen and oxygen atoms in total. The Kier molecular flexibility index (Phi) is 8.50. The summed E-state index contributed by atoms with van der Waals surface area (Å²) in [6.07, 6.45) is 5.66. The van der Waals surface area contributed by atoms with E-state index in [1.165, 1.54) is 5.56 Å². The Labute approximate surface area is 139 Å². The Balaban J connectivity index is 3.06. The fourth-order valence-corrected chi connectivity index (χ4v) is 2.28. The number of aldehydes is 1. The van der Waals surface area contributed by atoms with Gasteiger partial charge >= 0.3 is 0 Å². The van der Waals surface area contributed by atoms with E-state index in [4.69, 9.17) is 5.73 Å². The van der Waals surface area contributed by atoms with Gasteiger partial charge in [0.05, 0.1) is 5.70 Å². The van der Waals surface area contributed by atoms with E-state index >= 15 is 0 Å². The van der Waals surface area contributed by atoms with Gasteiger partial charge in [0.25, 0.3) is 0 Å². The number of nitrogens with one attached hydrogen (secondary N) is 2. The number of hydrazone groups is 1. The van der Waals surface area contributed by atoms with Gasteiger partial charge in [-0.3, -0.25) is 4.79 Å². The molecule has 0 aliphatic rings. The maximum absolute atomic E-state index is 11.5. The molecule has 126 valence electrons. The molecule has 23 heavy (non-hydrogen) atoms. The summed E-state index contributed by atoms with van der Waals surface area (Å²) in [6, 6.07) is 8.17. The maximum Gasteiger partial charge on any atom is 0.167 e. The number of allylic oxidation sites excluding steroid dienone is 1. The molecule has 0 radical (unpaired) electrons. The van der Waals surface area contributed by atoms with Crippen molar-refractivity contribution < 1.29 is 4.79 Å². The number of nitrogens with zero attached hydrogens (tertiary/aromatic N) is 1. The monoisotopic (exact) mass is 316 g/mol. The van der Waals surface area contributed by atoms with Crippen molar-refractivity contribution in [1.82, 2.24) is 5.43 Å². The van der Waals surface area contributed by atoms with Crippen molar-refractivity contribution in [2.24, 2.45) is 10.8 Å². The minimum absolute atomic E-state index is 0.281. The van der Waals surface area contributed by atoms with E-state index in [2.05, 4.69) is 41.8 Å². The Hall–Kier alpha value is -2.30. The second-order valence-electron chi connectivity index (χ2n) is 5.41. The third-order valence-corrected chi connectivity index (χ3v) is 3.51. The summed E-state index contributed by atoms with van der Waals surface area (Å²) >= 11 is 0. The fraction of sp³-hybridized carbons (Fsp3) is 0.444. The Bertz CT molecular complexity index is 547. The van der Waals surface area contributed by atoms with Crippen molar-refractivity contribution in [3.63, 3.8) is 0 Å². The second kappa shape index (κ2) is 10.4. The van der Waals surface area contributed by atoms with Gasteiger partial charge in [-0.15, -0.1) is 0 Å². The van der Waals surface area contributed by atoms with Crippen molar-refractivity contribution in [2.45, 2.75) is 46.0 Å². The number of carbonyl (C=O) groups is 1. The molecule has 0 bridgehead atoms. The third-order valence-electron chi connectivity index (χ3n) is 3.51. The molecule has 0 atom stereocenters. The molecule has 1 aromatic rings. The standard InChI is InChI=1S/C18H28N4O/c1-4-6-8-15(13-23)17(18(19)22-20-3)21-16-11-9-14(7-5-2)10-12-16/h9-13,20-21H,4-8H2,1-3H3,(H2,19,22)/b17-15+. The Morgan fingerprint density at radius 1 is 1.22 bits per heavy atom. The number of anilines is 1. The molecule has 0 saturated carbocycles. The van der Waals surface area contributed by atoms with Crippen LogP contribution in [-0.2, 0) is 11.2 Å². The van der Waals surface area contributed by atoms with Gasteiger partial charge < -0.3 is 16.5 Å². The minimum atomic E-state index is 0.281. The summed E-state index contributed by atoms with van der Waals surface area (Å²) in [5.41, 5.74) is 12.1. The fourth-order valence-electron chi connectivity index (χ4n) is 2.28. The van der Waals surface area contributed by atoms with E-state index in [0.717, 1.165) is 37.7 Å². The van der Waals surface area contributed by atoms with Gasteiger partial charge in [0.1, 0.15) is 6.29 Å². The highest BCUT2D eigenvalue weighted by Gasteiger charge is 2.11. The molecule has 4 N–H and O–H groups in total. The SMILES string of the molecule is CCCC/C(C=O)=C(Nc1ccc(CCC)cc1)/C(N)=N\NC. The van der Waals surface area contributed by atoms with Crippen molar-refractivity contribution >= 4 is 17.8 Å². The predicted octanol–water partition coefficient (Wildman–Crippen LogP) is 3.19. The van der Waals surface area contributed by atoms with E-state index < -0.39 is 0 Å². The highest BCUT2D eigenvalue weighted by atomic mass is 16.1. The number of benzene rings is 1. The van der Waals surface area contributed by atoms with Crippen LogP contribution in [0.1, 0.15) is 45.1 Å². The average Bonchev–Trinajstić information content (AvgIpc) is 2.56. The lowest BCUT2D eigenvalue weighted by Gasteiger charge is -2.14. The first-order valence-corrected chi connectivity index (χ1v) is 8.20. The van der Waals surface area contributed by atoms with Crippen LogP contribution in [0.15, 0.2) is 40.6 Å². The average molecular weight is 316 g/mol. The van der Waals surface area contributed by atoms with Crippen molar-refractivity contribution in [3.8, 4) is 0 Å². The van der Waals surface area contributed by atoms with E-state index in [1.807, 2.05) is 12.1 Å². The van der Waals surface area contributed by atoms with Gasteiger partial charge in [-0.2, -0.15) is 5.10 Å². The lowest BCUT2D eigenvalue weighted by Crippen LogP contribution is -2.25. The molecule has 0 aliphatic carbocycles. The molecule has 0 aliphatic heterocycles. The van der Waals surface area contributed by atoms with E-state index in [0.29, 0.717) is 17.7 Å². The highest BCUT2D eigenvalue weighted by molar-refractivity contribution is 6.03. The van der Waals surface area contributed by atoms with Crippen LogP contribution in [0.3, 0.4) is 0 Å². The van der Waals surface area contributed by atoms with Crippen molar-refractivity contribution in [3.05, 3.63) is 41.1 Å². The zero-order chi connectivity index (χ0) is 17.1. The summed E-state index contributed by atoms with van der Waals surface area (Å²) in [5, 5.41) is 7.26. The smallest absolute Gasteiger partial charge is 0.167 e. The van der Waals surface area contributed by atoms with Crippen LogP contribution < -0.4 is 16.5 Å². The van der Waals surface area contributed by atoms with Crippen LogP contribution in [0, 0.1) is 0 Å². The Morgan fingerprint density at radius 2 is 1.91 bits per heavy atom. The summed E-state index contributed by atoms with van der Waals surface area (Å²) < 4.78 is 0. The minimum Gasteiger partial charge on any atom is -0.381 e. The number of aryl methyl sites for hydroxylation is 1. The zero-order valence-electron chi connectivity index (χ0n) is 14.4. The molecule has 5 heteroatoms. The van der Waals surface area contributed by atoms with E-state index in [-0.39, 0.29) is 5.84 Å². The van der Waals surface area contributed by atoms with Crippen LogP contribution in [0.25, 0.3) is 0 Å². The predicted molar refractivity (Wildman–Crippen MR) is 97.4 cm³/mol. The first kappa shape index (κ1) is 18.7. The van der Waals surface area contributed by atoms with Gasteiger partial charge in [-0.05, 0) is 37.0 Å². The second-order valence-corrected chi connectivity index (χ2v) is 5.41. The number of hydrogen-bond acceptors (Lipinski definition) is 4. The molecular weight excluding hydrogens is 288 g/mol. The molecule has 0 amide bonds. The first-order valence-electron chi connectivity index (χ1n) is 8.20. The summed E-state index contributed by atoms with van der Waals surface area (Å²) in [5.74, 6) is 0.281. The number of hydrogen-bond donors (Lipinski definition) is 3. The lowest BCUT2D eigenvalue weighted by molar-refractivity contribution is -0.105. The van der Waals surface area contributed by atoms with E-state index in [9.17, 15) is 4.79 Å². The molecule has 0 saturated heterocycles. The van der Waals surface area contributed by atoms with Crippen LogP contribution in [0.5, 0.6) is 0 Å². The molecule has 1 rings (SSSR count). The van der Waals surface area contributed by atoms with Crippen LogP contribution in [0.2, 0.25) is 0 Å². The summed E-state index contributed by atoms with van der Waals surface area (Å²) in [7, 11) is 1.68. The number of nitrogens with two attached hydrogens (primary N) is 1. The molecule has 0 aromatic heterocycles. The summed E-state index contributed by atoms with van der Waals surface area (Å²) in [4.78, 5) is 11.5. The summed E-state index contributed by atoms with van der Waals surface area (Å²) in [6.45, 7) is 4.25. The highest BCUT2D eigenvalue weighted by Crippen LogP contribution is 2.17. The zero-order valence-corrected chi connectivity index (χ0v) is 14.4. The number of amidine groups is 1. The van der Waals surface area contributed by atoms with Crippen LogP contribution in [0.4, 0.5) is 5.69 Å². The van der Waals surface area contributed by atoms with Crippen LogP contribution >= 0.6 is 0 Å². The molecule has 0 heterocycles. The number of unbranched alkanes of at least 4 members (excludes halogenated alkanes) is 1. The normalized spacial score (nSPS) is 12.6. The molecular formula is C18H28N4O. The van der Waals surface area contributed by atoms with Gasteiger partial charge in [-0.1, -0.05) is 38.8 Å². The third kappa shape index (κ3) is 6.14. The molecule has 0 unspecified atom stereocenters. The van der Waals surface area contributed by atoms with Gasteiger partial charge in [-0.25, -0.2) is 0 Å². The van der Waals surface area contributed by atoms with Crippen molar-refractivity contribution in [2.75, 3.05) is 12.4 Å². The number of rotatable bonds is 10. The quantitative estimate of drug-likeness (QED) is 0.204. The van der Waals surface area contributed by atoms with Gasteiger partial charge in [0.2, 0.25) is 0 Å². The van der Waals surface area contributed by atoms with Crippen molar-refractivity contribution in [1.29, 1.82) is 0 Å². The molecule has 0 fully saturated rings. The van der Waals surface area contributed by atoms with Gasteiger partial charge in [0.15, 0.2) is 5.84 Å². The molecule has 0 spiro atoms. The molecule has 1 aromatic carbocycles. The van der Waals surface area contributed by atoms with Crippen LogP contribution in [-0.4, -0.2) is 19.2 Å². The van der Waals surface area contributed by atoms with E-state index in [1.54, 1.807) is 7.05 Å². The first-order chi connectivity index (χ1) is 11.2. The number of carbonyl (C=O) groups excluding carboxylic acids is 1.